The number of nitrogens with one attached hydrogen (secondary N) is 1. The van der Waals surface area contributed by atoms with Crippen LogP contribution in [-0.4, -0.2) is 23.6 Å². The van der Waals surface area contributed by atoms with E-state index >= 15 is 0 Å². The van der Waals surface area contributed by atoms with Gasteiger partial charge in [0.25, 0.3) is 5.69 Å². The fourth-order valence-corrected chi connectivity index (χ4v) is 3.89. The molecule has 0 bridgehead atoms. The molecule has 1 unspecified atom stereocenters. The molecule has 6 rings (SSSR count). The summed E-state index contributed by atoms with van der Waals surface area (Å²) >= 11 is -2.32. The molecule has 2 aromatic heterocycles. The molecule has 0 radical (unpaired) electrons. The average Bonchev–Trinajstić information content (AvgIpc) is 2.99. The number of rotatable bonds is 4. The van der Waals surface area contributed by atoms with E-state index in [1.165, 1.54) is 24.3 Å². The van der Waals surface area contributed by atoms with Crippen molar-refractivity contribution in [2.75, 3.05) is 5.43 Å². The minimum absolute atomic E-state index is 0. The third-order valence-corrected chi connectivity index (χ3v) is 5.93. The third kappa shape index (κ3) is 8.43. The van der Waals surface area contributed by atoms with E-state index in [2.05, 4.69) is 21.5 Å². The monoisotopic (exact) mass is 625 g/mol. The Hall–Kier alpha value is -4.13. The smallest absolute Gasteiger partial charge is 0.768 e. The summed E-state index contributed by atoms with van der Waals surface area (Å²) in [5.41, 5.74) is 4.55. The summed E-state index contributed by atoms with van der Waals surface area (Å²) in [6.45, 7) is 0. The molecule has 2 heterocycles. The molecule has 6 aromatic rings. The van der Waals surface area contributed by atoms with Crippen molar-refractivity contribution < 1.29 is 34.1 Å². The molecule has 0 aliphatic rings. The Morgan fingerprint density at radius 1 is 0.744 bits per heavy atom. The van der Waals surface area contributed by atoms with Gasteiger partial charge >= 0.3 is 20.4 Å². The van der Waals surface area contributed by atoms with Gasteiger partial charge in [-0.15, -0.1) is 5.43 Å². The van der Waals surface area contributed by atoms with Crippen LogP contribution in [0, 0.1) is 11.0 Å². The fraction of sp³-hybridized carbons (Fsp3) is 0. The van der Waals surface area contributed by atoms with Crippen LogP contribution in [0.4, 0.5) is 11.4 Å². The van der Waals surface area contributed by atoms with E-state index in [0.717, 1.165) is 21.7 Å². The van der Waals surface area contributed by atoms with Gasteiger partial charge in [0.2, 0.25) is 0 Å². The zero-order valence-corrected chi connectivity index (χ0v) is 22.9. The van der Waals surface area contributed by atoms with Crippen molar-refractivity contribution in [2.45, 2.75) is 4.90 Å². The normalized spacial score (nSPS) is 10.6. The second kappa shape index (κ2) is 15.3. The number of anilines is 1. The van der Waals surface area contributed by atoms with Crippen LogP contribution in [0.1, 0.15) is 0 Å². The van der Waals surface area contributed by atoms with Gasteiger partial charge in [-0.05, 0) is 52.9 Å². The van der Waals surface area contributed by atoms with Gasteiger partial charge in [0.15, 0.2) is 4.87 Å². The Morgan fingerprint density at radius 2 is 1.41 bits per heavy atom. The number of hydrogen-bond donors (Lipinski definition) is 1. The van der Waals surface area contributed by atoms with Crippen molar-refractivity contribution in [3.63, 3.8) is 0 Å². The number of hydrazine groups is 1. The Balaban J connectivity index is 0.000000266. The van der Waals surface area contributed by atoms with Crippen LogP contribution < -0.4 is 5.43 Å². The summed E-state index contributed by atoms with van der Waals surface area (Å²) in [6.07, 6.45) is 5.22. The molecule has 0 amide bonds. The number of aromatic nitrogens is 2. The third-order valence-electron chi connectivity index (χ3n) is 5.27. The number of nitrogens with zero attached hydrogens (tertiary/aromatic N) is 3. The number of benzene rings is 4. The van der Waals surface area contributed by atoms with Crippen molar-refractivity contribution in [3.05, 3.63) is 145 Å². The molecular formula is C30H23N4O3PdS+. The quantitative estimate of drug-likeness (QED) is 0.0590. The molecule has 39 heavy (non-hydrogen) atoms. The van der Waals surface area contributed by atoms with Crippen LogP contribution in [0.3, 0.4) is 0 Å². The maximum atomic E-state index is 12.5. The second-order valence-corrected chi connectivity index (χ2v) is 8.72. The Kier molecular flexibility index (Phi) is 11.6. The van der Waals surface area contributed by atoms with Crippen molar-refractivity contribution in [3.8, 4) is 0 Å². The summed E-state index contributed by atoms with van der Waals surface area (Å²) in [7, 11) is 0. The number of hydrogen-bond acceptors (Lipinski definition) is 5. The predicted octanol–water partition coefficient (Wildman–Crippen LogP) is 6.63. The van der Waals surface area contributed by atoms with Crippen molar-refractivity contribution in [1.29, 1.82) is 0 Å². The van der Waals surface area contributed by atoms with E-state index in [9.17, 15) is 13.7 Å². The van der Waals surface area contributed by atoms with E-state index in [1.807, 2.05) is 91.0 Å². The van der Waals surface area contributed by atoms with E-state index in [4.69, 9.17) is 0 Å². The van der Waals surface area contributed by atoms with Gasteiger partial charge in [0.1, 0.15) is 5.69 Å². The van der Waals surface area contributed by atoms with Gasteiger partial charge in [-0.2, -0.15) is 36.4 Å². The molecule has 0 aliphatic heterocycles. The largest absolute Gasteiger partial charge is 2.00 e. The molecule has 1 atom stereocenters. The van der Waals surface area contributed by atoms with Gasteiger partial charge in [-0.25, -0.2) is 0 Å². The predicted molar refractivity (Wildman–Crippen MR) is 149 cm³/mol. The zero-order valence-electron chi connectivity index (χ0n) is 20.5. The molecule has 196 valence electrons. The fourth-order valence-electron chi connectivity index (χ4n) is 3.53. The SMILES string of the molecule is O=[N+](Nc1cccc2ccc3cccnc3c12)c1ccc(S(=O)[O-])cc1.[Pd+2].[c-]1ccccc1.c1ccncc1. The average molecular weight is 626 g/mol. The molecule has 9 heteroatoms. The van der Waals surface area contributed by atoms with Gasteiger partial charge in [-0.3, -0.25) is 14.2 Å². The molecule has 0 saturated heterocycles. The second-order valence-electron chi connectivity index (χ2n) is 7.78. The van der Waals surface area contributed by atoms with Gasteiger partial charge in [-0.1, -0.05) is 36.4 Å². The maximum absolute atomic E-state index is 12.5. The Bertz CT molecular complexity index is 1550. The van der Waals surface area contributed by atoms with E-state index < -0.39 is 11.1 Å². The van der Waals surface area contributed by atoms with Gasteiger partial charge < -0.3 is 4.55 Å². The summed E-state index contributed by atoms with van der Waals surface area (Å²) < 4.78 is 21.9. The van der Waals surface area contributed by atoms with Crippen LogP contribution in [-0.2, 0) is 31.5 Å². The Morgan fingerprint density at radius 3 is 1.97 bits per heavy atom. The summed E-state index contributed by atoms with van der Waals surface area (Å²) in [4.78, 5) is 21.5. The van der Waals surface area contributed by atoms with Crippen LogP contribution in [0.25, 0.3) is 21.7 Å². The molecule has 7 nitrogen and oxygen atoms in total. The van der Waals surface area contributed by atoms with Gasteiger partial charge in [0, 0.05) is 46.4 Å². The Labute approximate surface area is 242 Å². The van der Waals surface area contributed by atoms with Crippen molar-refractivity contribution in [1.82, 2.24) is 9.97 Å². The topological polar surface area (TPSA) is 98.0 Å². The maximum Gasteiger partial charge on any atom is 2.00 e. The van der Waals surface area contributed by atoms with Gasteiger partial charge in [0.05, 0.1) is 10.4 Å². The van der Waals surface area contributed by atoms with E-state index in [-0.39, 0.29) is 25.3 Å². The zero-order chi connectivity index (χ0) is 26.6. The van der Waals surface area contributed by atoms with Crippen molar-refractivity contribution in [2.24, 2.45) is 0 Å². The van der Waals surface area contributed by atoms with Crippen LogP contribution in [0.15, 0.2) is 139 Å². The number of fused-ring (bicyclic) bond motifs is 3. The summed E-state index contributed by atoms with van der Waals surface area (Å²) in [5, 5.41) is 2.80. The first-order valence-corrected chi connectivity index (χ1v) is 12.7. The minimum atomic E-state index is -2.32. The summed E-state index contributed by atoms with van der Waals surface area (Å²) in [6, 6.07) is 37.3. The molecule has 4 aromatic carbocycles. The first-order chi connectivity index (χ1) is 18.6. The van der Waals surface area contributed by atoms with Crippen molar-refractivity contribution >= 4 is 44.1 Å². The van der Waals surface area contributed by atoms with E-state index in [0.29, 0.717) is 16.2 Å². The minimum Gasteiger partial charge on any atom is -0.768 e. The number of pyridine rings is 2. The first kappa shape index (κ1) is 29.4. The van der Waals surface area contributed by atoms with E-state index in [1.54, 1.807) is 18.6 Å². The van der Waals surface area contributed by atoms with Crippen LogP contribution >= 0.6 is 0 Å². The van der Waals surface area contributed by atoms with Crippen LogP contribution in [0.5, 0.6) is 0 Å². The molecule has 0 spiro atoms. The van der Waals surface area contributed by atoms with Crippen LogP contribution in [0.2, 0.25) is 0 Å². The standard InChI is InChI=1S/C19H13N3O3S.C6H5.C5H5N.Pd/c23-22(15-8-10-16(11-9-15)26(24)25)21-17-5-1-3-13-6-7-14-4-2-12-20-19(14)18(13)17;2*1-2-4-6-5-3-1;/h1-12H,(H-,21,23,24,25);2*1-5H;/q;-1;;+2. The molecule has 0 aliphatic carbocycles. The molecule has 0 saturated carbocycles. The molecule has 0 fully saturated rings. The molecular weight excluding hydrogens is 603 g/mol. The summed E-state index contributed by atoms with van der Waals surface area (Å²) in [5.74, 6) is 0. The number of nitroso groups, excluding NO2 is 1. The molecule has 1 N–H and O–H groups in total. The first-order valence-electron chi connectivity index (χ1n) is 11.6.